The topological polar surface area (TPSA) is 43.4 Å². The fourth-order valence-corrected chi connectivity index (χ4v) is 1.27. The molecule has 0 aliphatic carbocycles. The van der Waals surface area contributed by atoms with Crippen molar-refractivity contribution in [2.45, 2.75) is 19.0 Å². The Morgan fingerprint density at radius 2 is 2.33 bits per heavy atom. The molecule has 0 amide bonds. The van der Waals surface area contributed by atoms with Gasteiger partial charge in [-0.1, -0.05) is 0 Å². The second kappa shape index (κ2) is 6.20. The van der Waals surface area contributed by atoms with Crippen molar-refractivity contribution in [2.24, 2.45) is 0 Å². The van der Waals surface area contributed by atoms with Crippen LogP contribution in [0.1, 0.15) is 6.42 Å². The van der Waals surface area contributed by atoms with Crippen LogP contribution < -0.4 is 0 Å². The molecule has 0 saturated carbocycles. The van der Waals surface area contributed by atoms with Gasteiger partial charge in [0.25, 0.3) is 8.68 Å². The van der Waals surface area contributed by atoms with Crippen LogP contribution in [0.5, 0.6) is 0 Å². The molecule has 52 valence electrons. The van der Waals surface area contributed by atoms with E-state index in [0.717, 1.165) is 6.42 Å². The van der Waals surface area contributed by atoms with Crippen LogP contribution in [0, 0.1) is 0 Å². The molecule has 0 radical (unpaired) electrons. The highest BCUT2D eigenvalue weighted by molar-refractivity contribution is 7.17. The van der Waals surface area contributed by atoms with Crippen molar-refractivity contribution in [1.82, 2.24) is 0 Å². The molecular weight excluding hydrogens is 155 g/mol. The van der Waals surface area contributed by atoms with E-state index in [2.05, 4.69) is 4.52 Å². The van der Waals surface area contributed by atoms with Crippen LogP contribution in [0.4, 0.5) is 0 Å². The standard InChI is InChI=1S/C4H9O3PSi/c1-9(6)4-2-3-7-8-5/h2-4H2,1H3. The van der Waals surface area contributed by atoms with Gasteiger partial charge in [0.2, 0.25) is 0 Å². The molecule has 0 fully saturated rings. The Kier molecular flexibility index (Phi) is 6.25. The first kappa shape index (κ1) is 9.08. The quantitative estimate of drug-likeness (QED) is 0.352. The fourth-order valence-electron chi connectivity index (χ4n) is 0.423. The van der Waals surface area contributed by atoms with Crippen molar-refractivity contribution in [3.05, 3.63) is 0 Å². The zero-order valence-electron chi connectivity index (χ0n) is 5.29. The third-order valence-corrected chi connectivity index (χ3v) is 2.16. The van der Waals surface area contributed by atoms with Gasteiger partial charge in [0.15, 0.2) is 0 Å². The molecule has 3 nitrogen and oxygen atoms in total. The molecule has 0 saturated heterocycles. The molecule has 0 aromatic heterocycles. The first-order valence-electron chi connectivity index (χ1n) is 2.71. The number of hydrogen-bond donors (Lipinski definition) is 0. The summed E-state index contributed by atoms with van der Waals surface area (Å²) in [5, 5.41) is 0. The smallest absolute Gasteiger partial charge is 0.327 e. The molecule has 0 aromatic rings. The SMILES string of the molecule is C[Si](=O)CCCOP=O. The van der Waals surface area contributed by atoms with E-state index in [0.29, 0.717) is 12.7 Å². The summed E-state index contributed by atoms with van der Waals surface area (Å²) in [5.41, 5.74) is 0. The van der Waals surface area contributed by atoms with Crippen molar-refractivity contribution in [1.29, 1.82) is 0 Å². The van der Waals surface area contributed by atoms with Crippen molar-refractivity contribution >= 4 is 17.4 Å². The van der Waals surface area contributed by atoms with Crippen molar-refractivity contribution < 1.29 is 13.6 Å². The summed E-state index contributed by atoms with van der Waals surface area (Å²) in [6.45, 7) is 2.15. The van der Waals surface area contributed by atoms with E-state index in [-0.39, 0.29) is 8.69 Å². The molecule has 0 bridgehead atoms. The fraction of sp³-hybridized carbons (Fsp3) is 1.00. The van der Waals surface area contributed by atoms with Crippen LogP contribution in [0.3, 0.4) is 0 Å². The molecule has 0 aliphatic heterocycles. The van der Waals surface area contributed by atoms with Gasteiger partial charge in [0.1, 0.15) is 0 Å². The van der Waals surface area contributed by atoms with Gasteiger partial charge in [-0.15, -0.1) is 0 Å². The average molecular weight is 164 g/mol. The first-order chi connectivity index (χ1) is 4.27. The summed E-state index contributed by atoms with van der Waals surface area (Å²) >= 11 is 0. The summed E-state index contributed by atoms with van der Waals surface area (Å²) in [5.74, 6) is 0. The molecule has 0 aromatic carbocycles. The molecule has 0 spiro atoms. The molecule has 0 N–H and O–H groups in total. The van der Waals surface area contributed by atoms with Crippen LogP contribution in [0.15, 0.2) is 0 Å². The highest BCUT2D eigenvalue weighted by atomic mass is 31.1. The van der Waals surface area contributed by atoms with Gasteiger partial charge in [0, 0.05) is 0 Å². The largest absolute Gasteiger partial charge is 0.389 e. The van der Waals surface area contributed by atoms with Crippen LogP contribution >= 0.6 is 8.69 Å². The number of rotatable bonds is 5. The Morgan fingerprint density at radius 1 is 1.67 bits per heavy atom. The number of hydrogen-bond acceptors (Lipinski definition) is 3. The van der Waals surface area contributed by atoms with Crippen molar-refractivity contribution in [3.63, 3.8) is 0 Å². The van der Waals surface area contributed by atoms with E-state index in [1.807, 2.05) is 0 Å². The van der Waals surface area contributed by atoms with Crippen molar-refractivity contribution in [2.75, 3.05) is 6.61 Å². The van der Waals surface area contributed by atoms with Gasteiger partial charge in [-0.2, -0.15) is 0 Å². The van der Waals surface area contributed by atoms with Gasteiger partial charge in [-0.25, -0.2) is 4.57 Å². The highest BCUT2D eigenvalue weighted by Crippen LogP contribution is 1.98. The minimum absolute atomic E-state index is 0.283. The predicted octanol–water partition coefficient (Wildman–Crippen LogP) is 1.65. The van der Waals surface area contributed by atoms with Crippen LogP contribution in [-0.2, 0) is 13.6 Å². The zero-order chi connectivity index (χ0) is 7.11. The third-order valence-electron chi connectivity index (χ3n) is 0.817. The summed E-state index contributed by atoms with van der Waals surface area (Å²) in [6, 6.07) is 0.695. The maximum absolute atomic E-state index is 10.5. The molecule has 0 unspecified atom stereocenters. The van der Waals surface area contributed by atoms with E-state index < -0.39 is 8.68 Å². The van der Waals surface area contributed by atoms with E-state index >= 15 is 0 Å². The van der Waals surface area contributed by atoms with Crippen LogP contribution in [-0.4, -0.2) is 15.3 Å². The minimum atomic E-state index is -1.35. The Balaban J connectivity index is 2.91. The summed E-state index contributed by atoms with van der Waals surface area (Å²) in [6.07, 6.45) is 0.740. The summed E-state index contributed by atoms with van der Waals surface area (Å²) in [4.78, 5) is 0. The highest BCUT2D eigenvalue weighted by Gasteiger charge is 1.94. The minimum Gasteiger partial charge on any atom is -0.389 e. The second-order valence-electron chi connectivity index (χ2n) is 1.71. The third kappa shape index (κ3) is 8.08. The lowest BCUT2D eigenvalue weighted by molar-refractivity contribution is 0.341. The lowest BCUT2D eigenvalue weighted by Gasteiger charge is -1.89. The van der Waals surface area contributed by atoms with E-state index in [1.54, 1.807) is 6.55 Å². The molecule has 0 atom stereocenters. The van der Waals surface area contributed by atoms with Crippen LogP contribution in [0.2, 0.25) is 12.6 Å². The van der Waals surface area contributed by atoms with Crippen molar-refractivity contribution in [3.8, 4) is 0 Å². The van der Waals surface area contributed by atoms with Crippen LogP contribution in [0.25, 0.3) is 0 Å². The van der Waals surface area contributed by atoms with Gasteiger partial charge >= 0.3 is 8.69 Å². The normalized spacial score (nSPS) is 9.89. The zero-order valence-corrected chi connectivity index (χ0v) is 7.19. The van der Waals surface area contributed by atoms with Gasteiger partial charge in [0.05, 0.1) is 6.61 Å². The van der Waals surface area contributed by atoms with E-state index in [9.17, 15) is 9.03 Å². The monoisotopic (exact) mass is 164 g/mol. The maximum atomic E-state index is 10.5. The molecule has 0 rings (SSSR count). The Morgan fingerprint density at radius 3 is 2.78 bits per heavy atom. The Bertz CT molecular complexity index is 106. The summed E-state index contributed by atoms with van der Waals surface area (Å²) in [7, 11) is -1.63. The lowest BCUT2D eigenvalue weighted by Crippen LogP contribution is -1.93. The van der Waals surface area contributed by atoms with Gasteiger partial charge in [-0.3, -0.25) is 4.52 Å². The molecule has 0 heterocycles. The van der Waals surface area contributed by atoms with Gasteiger partial charge in [-0.05, 0) is 19.0 Å². The lowest BCUT2D eigenvalue weighted by atomic mass is 10.5. The predicted molar refractivity (Wildman–Crippen MR) is 35.3 cm³/mol. The van der Waals surface area contributed by atoms with Gasteiger partial charge < -0.3 is 4.46 Å². The van der Waals surface area contributed by atoms with E-state index in [4.69, 9.17) is 0 Å². The maximum Gasteiger partial charge on any atom is 0.327 e. The Hall–Kier alpha value is 0.0769. The molecule has 9 heavy (non-hydrogen) atoms. The summed E-state index contributed by atoms with van der Waals surface area (Å²) < 4.78 is 24.6. The molecular formula is C4H9O3PSi. The first-order valence-corrected chi connectivity index (χ1v) is 5.56. The molecule has 5 heteroatoms. The molecule has 0 aliphatic rings. The van der Waals surface area contributed by atoms with E-state index in [1.165, 1.54) is 0 Å². The Labute approximate surface area is 57.4 Å². The average Bonchev–Trinajstić information content (AvgIpc) is 1.80. The second-order valence-corrected chi connectivity index (χ2v) is 4.02.